The van der Waals surface area contributed by atoms with Crippen LogP contribution in [-0.2, 0) is 6.18 Å². The minimum Gasteiger partial charge on any atom is -0.368 e. The van der Waals surface area contributed by atoms with Gasteiger partial charge in [0.2, 0.25) is 11.9 Å². The molecule has 0 spiro atoms. The predicted octanol–water partition coefficient (Wildman–Crippen LogP) is 2.23. The molecule has 2 aromatic rings. The Kier molecular flexibility index (Phi) is 3.55. The summed E-state index contributed by atoms with van der Waals surface area (Å²) in [6.45, 7) is 0. The molecule has 20 heavy (non-hydrogen) atoms. The zero-order chi connectivity index (χ0) is 14.8. The van der Waals surface area contributed by atoms with Gasteiger partial charge in [-0.2, -0.15) is 28.1 Å². The van der Waals surface area contributed by atoms with Gasteiger partial charge >= 0.3 is 6.18 Å². The molecule has 0 radical (unpaired) electrons. The number of nitrogens with zero attached hydrogens (tertiary/aromatic N) is 3. The van der Waals surface area contributed by atoms with Crippen molar-refractivity contribution in [2.45, 2.75) is 6.18 Å². The van der Waals surface area contributed by atoms with Crippen LogP contribution < -0.4 is 11.5 Å². The first-order valence-corrected chi connectivity index (χ1v) is 5.47. The number of rotatable bonds is 2. The third-order valence-electron chi connectivity index (χ3n) is 2.33. The summed E-state index contributed by atoms with van der Waals surface area (Å²) in [5, 5.41) is 0. The first-order valence-electron chi connectivity index (χ1n) is 5.47. The van der Waals surface area contributed by atoms with Crippen LogP contribution in [0.15, 0.2) is 24.3 Å². The van der Waals surface area contributed by atoms with Crippen LogP contribution in [0.5, 0.6) is 0 Å². The number of nitrogen functional groups attached to an aromatic ring is 2. The van der Waals surface area contributed by atoms with E-state index in [2.05, 4.69) is 15.0 Å². The normalized spacial score (nSPS) is 11.9. The van der Waals surface area contributed by atoms with Crippen LogP contribution in [0.2, 0.25) is 0 Å². The van der Waals surface area contributed by atoms with Gasteiger partial charge in [-0.3, -0.25) is 0 Å². The molecule has 4 N–H and O–H groups in total. The summed E-state index contributed by atoms with van der Waals surface area (Å²) in [5.41, 5.74) is 10.4. The molecule has 0 atom stereocenters. The molecule has 0 aliphatic rings. The third-order valence-corrected chi connectivity index (χ3v) is 2.33. The second-order valence-corrected chi connectivity index (χ2v) is 3.87. The molecule has 1 heterocycles. The molecule has 8 heteroatoms. The number of halogens is 3. The van der Waals surface area contributed by atoms with Gasteiger partial charge in [0, 0.05) is 0 Å². The van der Waals surface area contributed by atoms with E-state index in [9.17, 15) is 13.2 Å². The maximum Gasteiger partial charge on any atom is 0.416 e. The summed E-state index contributed by atoms with van der Waals surface area (Å²) in [5.74, 6) is 0.0646. The fourth-order valence-electron chi connectivity index (χ4n) is 1.49. The Morgan fingerprint density at radius 1 is 0.950 bits per heavy atom. The molecule has 1 aromatic heterocycles. The zero-order valence-electron chi connectivity index (χ0n) is 10.1. The number of nitrogens with two attached hydrogens (primary N) is 2. The van der Waals surface area contributed by atoms with E-state index in [-0.39, 0.29) is 17.7 Å². The van der Waals surface area contributed by atoms with Crippen molar-refractivity contribution in [1.82, 2.24) is 15.0 Å². The minimum atomic E-state index is -4.38. The molecule has 5 nitrogen and oxygen atoms in total. The highest BCUT2D eigenvalue weighted by Crippen LogP contribution is 2.29. The SMILES string of the molecule is Nc1nc(N)nc(/C=C/c2cccc(C(F)(F)F)c2)n1. The number of hydrogen-bond acceptors (Lipinski definition) is 5. The highest BCUT2D eigenvalue weighted by atomic mass is 19.4. The standard InChI is InChI=1S/C12H10F3N5/c13-12(14,15)8-3-1-2-7(6-8)4-5-9-18-10(16)20-11(17)19-9/h1-6H,(H4,16,17,18,19,20)/b5-4+. The van der Waals surface area contributed by atoms with Crippen molar-refractivity contribution in [3.63, 3.8) is 0 Å². The summed E-state index contributed by atoms with van der Waals surface area (Å²) < 4.78 is 37.6. The molecule has 1 aromatic carbocycles. The van der Waals surface area contributed by atoms with Crippen LogP contribution in [0.4, 0.5) is 25.1 Å². The molecule has 0 aliphatic heterocycles. The van der Waals surface area contributed by atoms with Crippen LogP contribution in [0.25, 0.3) is 12.2 Å². The lowest BCUT2D eigenvalue weighted by Crippen LogP contribution is -2.04. The number of anilines is 2. The molecule has 0 fully saturated rings. The van der Waals surface area contributed by atoms with Gasteiger partial charge in [-0.05, 0) is 23.8 Å². The Bertz CT molecular complexity index is 632. The van der Waals surface area contributed by atoms with Crippen molar-refractivity contribution in [2.75, 3.05) is 11.5 Å². The topological polar surface area (TPSA) is 90.7 Å². The largest absolute Gasteiger partial charge is 0.416 e. The van der Waals surface area contributed by atoms with Gasteiger partial charge in [-0.1, -0.05) is 18.2 Å². The van der Waals surface area contributed by atoms with Crippen molar-refractivity contribution < 1.29 is 13.2 Å². The van der Waals surface area contributed by atoms with Gasteiger partial charge < -0.3 is 11.5 Å². The van der Waals surface area contributed by atoms with E-state index in [1.54, 1.807) is 0 Å². The average Bonchev–Trinajstić information content (AvgIpc) is 2.35. The minimum absolute atomic E-state index is 0.0545. The van der Waals surface area contributed by atoms with Crippen LogP contribution in [0, 0.1) is 0 Å². The number of alkyl halides is 3. The molecular formula is C12H10F3N5. The smallest absolute Gasteiger partial charge is 0.368 e. The Labute approximate surface area is 112 Å². The van der Waals surface area contributed by atoms with E-state index in [4.69, 9.17) is 11.5 Å². The molecule has 0 unspecified atom stereocenters. The Hall–Kier alpha value is -2.64. The fraction of sp³-hybridized carbons (Fsp3) is 0.0833. The van der Waals surface area contributed by atoms with Crippen molar-refractivity contribution in [2.24, 2.45) is 0 Å². The Morgan fingerprint density at radius 3 is 2.20 bits per heavy atom. The average molecular weight is 281 g/mol. The van der Waals surface area contributed by atoms with Crippen LogP contribution in [-0.4, -0.2) is 15.0 Å². The van der Waals surface area contributed by atoms with Crippen molar-refractivity contribution in [3.05, 3.63) is 41.2 Å². The van der Waals surface area contributed by atoms with Gasteiger partial charge in [0.1, 0.15) is 0 Å². The molecule has 0 amide bonds. The fourth-order valence-corrected chi connectivity index (χ4v) is 1.49. The highest BCUT2D eigenvalue weighted by molar-refractivity contribution is 5.67. The van der Waals surface area contributed by atoms with E-state index in [1.165, 1.54) is 24.3 Å². The van der Waals surface area contributed by atoms with Gasteiger partial charge in [0.05, 0.1) is 5.56 Å². The maximum absolute atomic E-state index is 12.5. The van der Waals surface area contributed by atoms with Crippen molar-refractivity contribution >= 4 is 24.0 Å². The van der Waals surface area contributed by atoms with Gasteiger partial charge in [0.25, 0.3) is 0 Å². The summed E-state index contributed by atoms with van der Waals surface area (Å²) >= 11 is 0. The molecular weight excluding hydrogens is 271 g/mol. The zero-order valence-corrected chi connectivity index (χ0v) is 10.1. The summed E-state index contributed by atoms with van der Waals surface area (Å²) in [6, 6.07) is 4.86. The third kappa shape index (κ3) is 3.44. The Morgan fingerprint density at radius 2 is 1.60 bits per heavy atom. The van der Waals surface area contributed by atoms with E-state index in [0.29, 0.717) is 5.56 Å². The molecule has 0 saturated heterocycles. The lowest BCUT2D eigenvalue weighted by atomic mass is 10.1. The number of hydrogen-bond donors (Lipinski definition) is 2. The van der Waals surface area contributed by atoms with E-state index in [0.717, 1.165) is 12.1 Å². The molecule has 2 rings (SSSR count). The van der Waals surface area contributed by atoms with E-state index >= 15 is 0 Å². The second kappa shape index (κ2) is 5.16. The lowest BCUT2D eigenvalue weighted by Gasteiger charge is -2.06. The van der Waals surface area contributed by atoms with Gasteiger partial charge in [0.15, 0.2) is 5.82 Å². The molecule has 0 aliphatic carbocycles. The first-order chi connectivity index (χ1) is 9.34. The number of benzene rings is 1. The van der Waals surface area contributed by atoms with Gasteiger partial charge in [-0.25, -0.2) is 0 Å². The summed E-state index contributed by atoms with van der Waals surface area (Å²) in [6.07, 6.45) is -1.54. The quantitative estimate of drug-likeness (QED) is 0.880. The maximum atomic E-state index is 12.5. The van der Waals surface area contributed by atoms with Crippen molar-refractivity contribution in [1.29, 1.82) is 0 Å². The monoisotopic (exact) mass is 281 g/mol. The second-order valence-electron chi connectivity index (χ2n) is 3.87. The van der Waals surface area contributed by atoms with Crippen LogP contribution in [0.1, 0.15) is 17.0 Å². The molecule has 0 saturated carbocycles. The number of aromatic nitrogens is 3. The summed E-state index contributed by atoms with van der Waals surface area (Å²) in [4.78, 5) is 11.2. The highest BCUT2D eigenvalue weighted by Gasteiger charge is 2.30. The summed E-state index contributed by atoms with van der Waals surface area (Å²) in [7, 11) is 0. The van der Waals surface area contributed by atoms with Crippen molar-refractivity contribution in [3.8, 4) is 0 Å². The van der Waals surface area contributed by atoms with E-state index < -0.39 is 11.7 Å². The molecule has 0 bridgehead atoms. The predicted molar refractivity (Wildman–Crippen MR) is 69.0 cm³/mol. The first kappa shape index (κ1) is 13.8. The lowest BCUT2D eigenvalue weighted by molar-refractivity contribution is -0.137. The molecule has 104 valence electrons. The van der Waals surface area contributed by atoms with Crippen LogP contribution >= 0.6 is 0 Å². The van der Waals surface area contributed by atoms with E-state index in [1.807, 2.05) is 0 Å². The van der Waals surface area contributed by atoms with Gasteiger partial charge in [-0.15, -0.1) is 0 Å². The van der Waals surface area contributed by atoms with Crippen LogP contribution in [0.3, 0.4) is 0 Å². The Balaban J connectivity index is 2.27.